The second-order valence-corrected chi connectivity index (χ2v) is 11.4. The van der Waals surface area contributed by atoms with Gasteiger partial charge in [0, 0.05) is 40.3 Å². The molecule has 0 radical (unpaired) electrons. The van der Waals surface area contributed by atoms with E-state index in [4.69, 9.17) is 11.6 Å². The molecular weight excluding hydrogens is 610 g/mol. The number of nitrogens with zero attached hydrogens (tertiary/aromatic N) is 3. The molecule has 0 amide bonds. The lowest BCUT2D eigenvalue weighted by Gasteiger charge is -2.31. The SMILES string of the molecule is Cc1c(NCc2c(Cl)ccc(F)c2CN2CCC2)cc(F)c(S(=O)(=O)N(OC(=O)C(F)(F)F)c2cscn2)c1F. The van der Waals surface area contributed by atoms with E-state index in [2.05, 4.69) is 15.1 Å². The molecule has 40 heavy (non-hydrogen) atoms. The molecule has 1 aliphatic heterocycles. The predicted molar refractivity (Wildman–Crippen MR) is 134 cm³/mol. The van der Waals surface area contributed by atoms with Crippen molar-refractivity contribution in [3.05, 3.63) is 68.3 Å². The summed E-state index contributed by atoms with van der Waals surface area (Å²) >= 11 is 6.99. The first-order chi connectivity index (χ1) is 18.7. The zero-order valence-electron chi connectivity index (χ0n) is 20.4. The van der Waals surface area contributed by atoms with E-state index in [9.17, 15) is 30.8 Å². The van der Waals surface area contributed by atoms with Gasteiger partial charge in [0.15, 0.2) is 16.5 Å². The maximum atomic E-state index is 15.4. The average Bonchev–Trinajstić information content (AvgIpc) is 3.37. The molecule has 0 spiro atoms. The fraction of sp³-hybridized carbons (Fsp3) is 0.304. The molecule has 0 saturated carbocycles. The highest BCUT2D eigenvalue weighted by Crippen LogP contribution is 2.34. The van der Waals surface area contributed by atoms with Crippen molar-refractivity contribution < 1.29 is 44.4 Å². The lowest BCUT2D eigenvalue weighted by molar-refractivity contribution is -0.199. The Labute approximate surface area is 233 Å². The molecule has 1 aliphatic rings. The molecule has 0 atom stereocenters. The van der Waals surface area contributed by atoms with Crippen molar-refractivity contribution in [2.45, 2.75) is 37.5 Å². The molecule has 3 aromatic rings. The van der Waals surface area contributed by atoms with E-state index < -0.39 is 60.4 Å². The van der Waals surface area contributed by atoms with Gasteiger partial charge in [-0.2, -0.15) is 21.6 Å². The Balaban J connectivity index is 1.68. The summed E-state index contributed by atoms with van der Waals surface area (Å²) in [4.78, 5) is 19.2. The van der Waals surface area contributed by atoms with Crippen LogP contribution in [0.5, 0.6) is 0 Å². The summed E-state index contributed by atoms with van der Waals surface area (Å²) in [6, 6.07) is 3.12. The summed E-state index contributed by atoms with van der Waals surface area (Å²) in [5, 5.41) is 3.79. The number of hydrogen-bond acceptors (Lipinski definition) is 8. The molecule has 4 rings (SSSR count). The number of thiazole rings is 1. The van der Waals surface area contributed by atoms with Gasteiger partial charge < -0.3 is 10.2 Å². The van der Waals surface area contributed by atoms with Gasteiger partial charge in [0.25, 0.3) is 0 Å². The number of alkyl halides is 3. The highest BCUT2D eigenvalue weighted by molar-refractivity contribution is 7.92. The molecule has 0 unspecified atom stereocenters. The van der Waals surface area contributed by atoms with Gasteiger partial charge in [-0.05, 0) is 50.2 Å². The number of benzene rings is 2. The number of carbonyl (C=O) groups excluding carboxylic acids is 1. The molecule has 0 bridgehead atoms. The zero-order valence-corrected chi connectivity index (χ0v) is 22.7. The molecule has 0 aliphatic carbocycles. The third-order valence-corrected chi connectivity index (χ3v) is 8.52. The zero-order chi connectivity index (χ0) is 29.4. The minimum atomic E-state index is -5.63. The molecule has 1 saturated heterocycles. The second kappa shape index (κ2) is 11.4. The number of nitrogens with one attached hydrogen (secondary N) is 1. The number of aromatic nitrogens is 1. The summed E-state index contributed by atoms with van der Waals surface area (Å²) in [6.07, 6.45) is -4.67. The quantitative estimate of drug-likeness (QED) is 0.245. The number of likely N-dealkylation sites (tertiary alicyclic amines) is 1. The number of rotatable bonds is 9. The number of anilines is 2. The number of hydrogen-bond donors (Lipinski definition) is 1. The molecule has 1 aromatic heterocycles. The van der Waals surface area contributed by atoms with Gasteiger partial charge in [-0.15, -0.1) is 11.3 Å². The van der Waals surface area contributed by atoms with Gasteiger partial charge in [0.05, 0.1) is 5.51 Å². The van der Waals surface area contributed by atoms with Crippen LogP contribution in [0.2, 0.25) is 5.02 Å². The van der Waals surface area contributed by atoms with Gasteiger partial charge in [-0.1, -0.05) is 16.1 Å². The van der Waals surface area contributed by atoms with Crippen molar-refractivity contribution in [1.29, 1.82) is 0 Å². The van der Waals surface area contributed by atoms with Crippen LogP contribution >= 0.6 is 22.9 Å². The summed E-state index contributed by atoms with van der Waals surface area (Å²) in [5.74, 6) is -7.70. The van der Waals surface area contributed by atoms with E-state index in [-0.39, 0.29) is 29.4 Å². The molecule has 17 heteroatoms. The smallest absolute Gasteiger partial charge is 0.381 e. The Morgan fingerprint density at radius 3 is 2.48 bits per heavy atom. The lowest BCUT2D eigenvalue weighted by atomic mass is 10.0. The van der Waals surface area contributed by atoms with Gasteiger partial charge >= 0.3 is 22.2 Å². The van der Waals surface area contributed by atoms with Gasteiger partial charge in [-0.3, -0.25) is 4.90 Å². The normalized spacial score (nSPS) is 14.1. The number of sulfonamides is 1. The van der Waals surface area contributed by atoms with Crippen LogP contribution in [0.3, 0.4) is 0 Å². The number of carbonyl (C=O) groups is 1. The average molecular weight is 629 g/mol. The lowest BCUT2D eigenvalue weighted by Crippen LogP contribution is -2.39. The maximum Gasteiger partial charge on any atom is 0.493 e. The minimum absolute atomic E-state index is 0.188. The van der Waals surface area contributed by atoms with Gasteiger partial charge in [0.1, 0.15) is 11.6 Å². The van der Waals surface area contributed by atoms with Crippen molar-refractivity contribution in [3.8, 4) is 0 Å². The number of halogens is 7. The summed E-state index contributed by atoms with van der Waals surface area (Å²) < 4.78 is 109. The standard InChI is InChI=1S/C23H19ClF6N4O4S2/c1-12-18(31-8-13-14(9-33-5-2-6-33)16(25)4-3-15(13)24)7-17(26)21(20(12)27)40(36,37)34(19-10-39-11-32-19)38-22(35)23(28,29)30/h3-4,7,10-11,31H,2,5-6,8-9H2,1H3. The third-order valence-electron chi connectivity index (χ3n) is 6.00. The van der Waals surface area contributed by atoms with Crippen molar-refractivity contribution in [3.63, 3.8) is 0 Å². The third kappa shape index (κ3) is 5.99. The van der Waals surface area contributed by atoms with Crippen molar-refractivity contribution in [1.82, 2.24) is 9.88 Å². The molecule has 2 aromatic carbocycles. The van der Waals surface area contributed by atoms with E-state index in [1.807, 2.05) is 4.90 Å². The van der Waals surface area contributed by atoms with E-state index in [1.165, 1.54) is 12.1 Å². The monoisotopic (exact) mass is 628 g/mol. The van der Waals surface area contributed by atoms with Gasteiger partial charge in [0.2, 0.25) is 0 Å². The van der Waals surface area contributed by atoms with Gasteiger partial charge in [-0.25, -0.2) is 22.9 Å². The highest BCUT2D eigenvalue weighted by atomic mass is 35.5. The Morgan fingerprint density at radius 1 is 1.20 bits per heavy atom. The molecule has 216 valence electrons. The first-order valence-electron chi connectivity index (χ1n) is 11.3. The topological polar surface area (TPSA) is 91.8 Å². The van der Waals surface area contributed by atoms with Crippen LogP contribution in [0, 0.1) is 24.4 Å². The maximum absolute atomic E-state index is 15.4. The largest absolute Gasteiger partial charge is 0.493 e. The molecular formula is C23H19ClF6N4O4S2. The Bertz CT molecular complexity index is 1530. The first-order valence-corrected chi connectivity index (χ1v) is 14.1. The van der Waals surface area contributed by atoms with Crippen molar-refractivity contribution >= 4 is 50.4 Å². The van der Waals surface area contributed by atoms with Crippen LogP contribution in [0.4, 0.5) is 37.8 Å². The fourth-order valence-electron chi connectivity index (χ4n) is 3.78. The Hall–Kier alpha value is -3.08. The van der Waals surface area contributed by atoms with Crippen LogP contribution in [0.1, 0.15) is 23.1 Å². The fourth-order valence-corrected chi connectivity index (χ4v) is 5.97. The van der Waals surface area contributed by atoms with E-state index in [0.29, 0.717) is 23.0 Å². The predicted octanol–water partition coefficient (Wildman–Crippen LogP) is 5.56. The highest BCUT2D eigenvalue weighted by Gasteiger charge is 2.46. The van der Waals surface area contributed by atoms with Crippen LogP contribution in [0.25, 0.3) is 0 Å². The van der Waals surface area contributed by atoms with Crippen molar-refractivity contribution in [2.75, 3.05) is 22.9 Å². The van der Waals surface area contributed by atoms with Crippen LogP contribution in [0.15, 0.2) is 34.0 Å². The van der Waals surface area contributed by atoms with E-state index in [0.717, 1.165) is 37.3 Å². The molecule has 1 fully saturated rings. The van der Waals surface area contributed by atoms with Crippen LogP contribution in [-0.4, -0.2) is 43.5 Å². The summed E-state index contributed by atoms with van der Waals surface area (Å²) in [5.41, 5.74) is 0.911. The molecule has 8 nitrogen and oxygen atoms in total. The minimum Gasteiger partial charge on any atom is -0.381 e. The van der Waals surface area contributed by atoms with E-state index >= 15 is 8.78 Å². The second-order valence-electron chi connectivity index (χ2n) is 8.60. The molecule has 2 heterocycles. The summed E-state index contributed by atoms with van der Waals surface area (Å²) in [6.45, 7) is 2.67. The first kappa shape index (κ1) is 29.9. The van der Waals surface area contributed by atoms with Crippen molar-refractivity contribution in [2.24, 2.45) is 0 Å². The van der Waals surface area contributed by atoms with E-state index in [1.54, 1.807) is 0 Å². The van der Waals surface area contributed by atoms with Crippen LogP contribution in [-0.2, 0) is 32.7 Å². The Kier molecular flexibility index (Phi) is 8.54. The molecule has 1 N–H and O–H groups in total. The Morgan fingerprint density at radius 2 is 1.90 bits per heavy atom. The summed E-state index contributed by atoms with van der Waals surface area (Å²) in [7, 11) is -5.60. The van der Waals surface area contributed by atoms with Crippen LogP contribution < -0.4 is 9.79 Å².